The number of aryl methyl sites for hydroxylation is 1. The van der Waals surface area contributed by atoms with Crippen molar-refractivity contribution in [2.75, 3.05) is 16.5 Å². The third-order valence-electron chi connectivity index (χ3n) is 5.93. The van der Waals surface area contributed by atoms with Gasteiger partial charge in [0.2, 0.25) is 5.91 Å². The van der Waals surface area contributed by atoms with Crippen LogP contribution in [0.15, 0.2) is 47.3 Å². The molecule has 2 aromatic carbocycles. The normalized spacial score (nSPS) is 13.1. The Morgan fingerprint density at radius 2 is 1.78 bits per heavy atom. The maximum absolute atomic E-state index is 14.0. The molecule has 11 heteroatoms. The van der Waals surface area contributed by atoms with Crippen molar-refractivity contribution in [3.8, 4) is 11.4 Å². The number of nitrogens with zero attached hydrogens (tertiary/aromatic N) is 3. The molecule has 0 spiro atoms. The van der Waals surface area contributed by atoms with Crippen LogP contribution < -0.4 is 20.1 Å². The lowest BCUT2D eigenvalue weighted by Gasteiger charge is -2.25. The van der Waals surface area contributed by atoms with E-state index in [4.69, 9.17) is 16.3 Å². The smallest absolute Gasteiger partial charge is 0.277 e. The molecule has 1 aromatic heterocycles. The van der Waals surface area contributed by atoms with E-state index >= 15 is 0 Å². The van der Waals surface area contributed by atoms with Crippen LogP contribution in [0.2, 0.25) is 5.02 Å². The summed E-state index contributed by atoms with van der Waals surface area (Å²) in [5, 5.41) is 9.94. The first-order chi connectivity index (χ1) is 17.3. The number of benzene rings is 2. The highest BCUT2D eigenvalue weighted by Gasteiger charge is 2.38. The van der Waals surface area contributed by atoms with Crippen molar-refractivity contribution in [2.24, 2.45) is 0 Å². The standard InChI is InChI=1S/C26H24ClF2N3O5/c1-14-9-22(37-12-16-5-6-17(28)10-19(16)29)23(27)24(34)32(14)18-7-8-20-21(11-18)30(15(2)33)13-31(20)25(35)26(3,4)36/h5-11,36H,12-13H2,1-4H3. The number of amides is 2. The minimum atomic E-state index is -1.66. The Morgan fingerprint density at radius 3 is 2.41 bits per heavy atom. The molecular weight excluding hydrogens is 508 g/mol. The number of fused-ring (bicyclic) bond motifs is 1. The lowest BCUT2D eigenvalue weighted by Crippen LogP contribution is -2.47. The maximum Gasteiger partial charge on any atom is 0.277 e. The van der Waals surface area contributed by atoms with Gasteiger partial charge in [0, 0.05) is 30.3 Å². The van der Waals surface area contributed by atoms with E-state index in [1.807, 2.05) is 0 Å². The number of ether oxygens (including phenoxy) is 1. The Hall–Kier alpha value is -3.76. The number of aliphatic hydroxyl groups is 1. The minimum absolute atomic E-state index is 0.0256. The zero-order valence-corrected chi connectivity index (χ0v) is 21.3. The van der Waals surface area contributed by atoms with Crippen LogP contribution in [0.5, 0.6) is 5.75 Å². The van der Waals surface area contributed by atoms with E-state index in [1.165, 1.54) is 47.3 Å². The van der Waals surface area contributed by atoms with E-state index in [1.54, 1.807) is 25.1 Å². The minimum Gasteiger partial charge on any atom is -0.487 e. The largest absolute Gasteiger partial charge is 0.487 e. The van der Waals surface area contributed by atoms with Gasteiger partial charge in [-0.1, -0.05) is 11.6 Å². The van der Waals surface area contributed by atoms with Gasteiger partial charge < -0.3 is 9.84 Å². The molecule has 0 aliphatic carbocycles. The van der Waals surface area contributed by atoms with Gasteiger partial charge in [0.1, 0.15) is 41.3 Å². The average molecular weight is 532 g/mol. The number of hydrogen-bond acceptors (Lipinski definition) is 5. The van der Waals surface area contributed by atoms with Crippen LogP contribution in [0.1, 0.15) is 32.0 Å². The zero-order chi connectivity index (χ0) is 27.2. The predicted octanol–water partition coefficient (Wildman–Crippen LogP) is 4.08. The summed E-state index contributed by atoms with van der Waals surface area (Å²) in [6.45, 7) is 5.35. The molecule has 194 valence electrons. The number of anilines is 2. The fourth-order valence-corrected chi connectivity index (χ4v) is 4.26. The van der Waals surface area contributed by atoms with Crippen LogP contribution in [0.3, 0.4) is 0 Å². The van der Waals surface area contributed by atoms with Crippen LogP contribution in [-0.2, 0) is 16.2 Å². The van der Waals surface area contributed by atoms with Crippen molar-refractivity contribution in [3.63, 3.8) is 0 Å². The monoisotopic (exact) mass is 531 g/mol. The van der Waals surface area contributed by atoms with Crippen molar-refractivity contribution in [2.45, 2.75) is 39.9 Å². The van der Waals surface area contributed by atoms with Crippen LogP contribution in [-0.4, -0.2) is 33.8 Å². The van der Waals surface area contributed by atoms with E-state index in [9.17, 15) is 28.3 Å². The molecule has 0 unspecified atom stereocenters. The summed E-state index contributed by atoms with van der Waals surface area (Å²) in [6, 6.07) is 9.33. The topological polar surface area (TPSA) is 92.1 Å². The summed E-state index contributed by atoms with van der Waals surface area (Å²) in [5.41, 5.74) is -0.582. The first-order valence-corrected chi connectivity index (χ1v) is 11.6. The molecule has 0 bridgehead atoms. The molecule has 3 aromatic rings. The number of pyridine rings is 1. The van der Waals surface area contributed by atoms with Gasteiger partial charge in [-0.3, -0.25) is 28.8 Å². The summed E-state index contributed by atoms with van der Waals surface area (Å²) in [7, 11) is 0. The molecule has 2 amide bonds. The second-order valence-electron chi connectivity index (χ2n) is 9.18. The Morgan fingerprint density at radius 1 is 1.08 bits per heavy atom. The molecule has 4 rings (SSSR count). The fourth-order valence-electron chi connectivity index (χ4n) is 4.06. The van der Waals surface area contributed by atoms with Gasteiger partial charge in [-0.2, -0.15) is 0 Å². The van der Waals surface area contributed by atoms with Crippen LogP contribution in [0, 0.1) is 18.6 Å². The third-order valence-corrected chi connectivity index (χ3v) is 6.28. The quantitative estimate of drug-likeness (QED) is 0.535. The Balaban J connectivity index is 1.71. The molecule has 1 aliphatic heterocycles. The molecule has 8 nitrogen and oxygen atoms in total. The SMILES string of the molecule is CC(=O)N1CN(C(=O)C(C)(C)O)c2ccc(-n3c(C)cc(OCc4ccc(F)cc4F)c(Cl)c3=O)cc21. The van der Waals surface area contributed by atoms with Gasteiger partial charge >= 0.3 is 0 Å². The maximum atomic E-state index is 14.0. The molecule has 0 saturated carbocycles. The number of carbonyl (C=O) groups excluding carboxylic acids is 2. The molecule has 0 radical (unpaired) electrons. The zero-order valence-electron chi connectivity index (χ0n) is 20.5. The lowest BCUT2D eigenvalue weighted by atomic mass is 10.1. The Labute approximate surface area is 216 Å². The number of halogens is 3. The fraction of sp³-hybridized carbons (Fsp3) is 0.269. The van der Waals surface area contributed by atoms with Crippen LogP contribution in [0.25, 0.3) is 5.69 Å². The molecular formula is C26H24ClF2N3O5. The van der Waals surface area contributed by atoms with Crippen molar-refractivity contribution < 1.29 is 28.2 Å². The average Bonchev–Trinajstić information content (AvgIpc) is 3.19. The van der Waals surface area contributed by atoms with Gasteiger partial charge in [0.25, 0.3) is 11.5 Å². The molecule has 2 heterocycles. The van der Waals surface area contributed by atoms with Gasteiger partial charge in [-0.25, -0.2) is 8.78 Å². The van der Waals surface area contributed by atoms with E-state index in [2.05, 4.69) is 0 Å². The van der Waals surface area contributed by atoms with E-state index in [0.29, 0.717) is 22.8 Å². The number of rotatable bonds is 5. The molecule has 37 heavy (non-hydrogen) atoms. The summed E-state index contributed by atoms with van der Waals surface area (Å²) in [4.78, 5) is 40.9. The van der Waals surface area contributed by atoms with Crippen molar-refractivity contribution in [1.82, 2.24) is 4.57 Å². The first-order valence-electron chi connectivity index (χ1n) is 11.3. The van der Waals surface area contributed by atoms with E-state index in [0.717, 1.165) is 12.1 Å². The van der Waals surface area contributed by atoms with Crippen LogP contribution >= 0.6 is 11.6 Å². The van der Waals surface area contributed by atoms with Crippen molar-refractivity contribution >= 4 is 34.8 Å². The second-order valence-corrected chi connectivity index (χ2v) is 9.56. The first kappa shape index (κ1) is 26.3. The van der Waals surface area contributed by atoms with Gasteiger partial charge in [-0.05, 0) is 51.1 Å². The molecule has 0 fully saturated rings. The summed E-state index contributed by atoms with van der Waals surface area (Å²) in [6.07, 6.45) is 0. The number of carbonyl (C=O) groups is 2. The van der Waals surface area contributed by atoms with Gasteiger partial charge in [-0.15, -0.1) is 0 Å². The third kappa shape index (κ3) is 4.94. The predicted molar refractivity (Wildman–Crippen MR) is 134 cm³/mol. The Kier molecular flexibility index (Phi) is 6.83. The lowest BCUT2D eigenvalue weighted by molar-refractivity contribution is -0.133. The van der Waals surface area contributed by atoms with Gasteiger partial charge in [0.05, 0.1) is 17.1 Å². The highest BCUT2D eigenvalue weighted by molar-refractivity contribution is 6.31. The summed E-state index contributed by atoms with van der Waals surface area (Å²) < 4.78 is 34.0. The summed E-state index contributed by atoms with van der Waals surface area (Å²) >= 11 is 6.31. The molecule has 1 aliphatic rings. The van der Waals surface area contributed by atoms with Crippen LogP contribution in [0.4, 0.5) is 20.2 Å². The molecule has 0 saturated heterocycles. The van der Waals surface area contributed by atoms with Crippen molar-refractivity contribution in [3.05, 3.63) is 80.7 Å². The second kappa shape index (κ2) is 9.60. The molecule has 1 N–H and O–H groups in total. The molecule has 0 atom stereocenters. The highest BCUT2D eigenvalue weighted by atomic mass is 35.5. The van der Waals surface area contributed by atoms with E-state index in [-0.39, 0.29) is 35.5 Å². The van der Waals surface area contributed by atoms with E-state index < -0.39 is 28.7 Å². The summed E-state index contributed by atoms with van der Waals surface area (Å²) in [5.74, 6) is -2.39. The Bertz CT molecular complexity index is 1480. The number of hydrogen-bond donors (Lipinski definition) is 1. The number of aromatic nitrogens is 1. The van der Waals surface area contributed by atoms with Gasteiger partial charge in [0.15, 0.2) is 0 Å². The van der Waals surface area contributed by atoms with Crippen molar-refractivity contribution in [1.29, 1.82) is 0 Å². The highest BCUT2D eigenvalue weighted by Crippen LogP contribution is 2.39.